The molecule has 0 N–H and O–H groups in total. The predicted octanol–water partition coefficient (Wildman–Crippen LogP) is 2.45. The number of rotatable bonds is 7. The zero-order valence-electron chi connectivity index (χ0n) is 13.8. The van der Waals surface area contributed by atoms with E-state index in [1.807, 2.05) is 6.92 Å². The Balaban J connectivity index is 2.20. The maximum atomic E-state index is 14.7. The standard InChI is InChI=1S/C16H23F2N3O2/c1-5-14(22)21(10-13-12(2)9-20(3)19-13)11-16(17,18)15(23-4)7-6-8-15/h5,9H,1,6-8,10-11H2,2-4H3. The van der Waals surface area contributed by atoms with Gasteiger partial charge < -0.3 is 9.64 Å². The van der Waals surface area contributed by atoms with Gasteiger partial charge in [0.2, 0.25) is 5.91 Å². The van der Waals surface area contributed by atoms with Crippen LogP contribution in [0, 0.1) is 6.92 Å². The van der Waals surface area contributed by atoms with Crippen LogP contribution in [0.4, 0.5) is 8.78 Å². The minimum Gasteiger partial charge on any atom is -0.372 e. The lowest BCUT2D eigenvalue weighted by molar-refractivity contribution is -0.237. The molecule has 0 spiro atoms. The number of amides is 1. The lowest BCUT2D eigenvalue weighted by Crippen LogP contribution is -2.59. The highest BCUT2D eigenvalue weighted by molar-refractivity contribution is 5.87. The highest BCUT2D eigenvalue weighted by atomic mass is 19.3. The Bertz CT molecular complexity index is 589. The average Bonchev–Trinajstić information content (AvgIpc) is 2.74. The predicted molar refractivity (Wildman–Crippen MR) is 82.1 cm³/mol. The Morgan fingerprint density at radius 2 is 2.26 bits per heavy atom. The smallest absolute Gasteiger partial charge is 0.293 e. The van der Waals surface area contributed by atoms with Gasteiger partial charge in [0, 0.05) is 20.4 Å². The molecule has 7 heteroatoms. The molecule has 0 bridgehead atoms. The number of halogens is 2. The summed E-state index contributed by atoms with van der Waals surface area (Å²) in [5, 5.41) is 4.23. The summed E-state index contributed by atoms with van der Waals surface area (Å²) in [6.45, 7) is 4.55. The van der Waals surface area contributed by atoms with E-state index < -0.39 is 24.0 Å². The average molecular weight is 327 g/mol. The van der Waals surface area contributed by atoms with Crippen molar-refractivity contribution in [1.82, 2.24) is 14.7 Å². The second-order valence-corrected chi connectivity index (χ2v) is 6.09. The van der Waals surface area contributed by atoms with Gasteiger partial charge in [0.25, 0.3) is 5.92 Å². The van der Waals surface area contributed by atoms with E-state index in [1.54, 1.807) is 17.9 Å². The van der Waals surface area contributed by atoms with Crippen molar-refractivity contribution in [3.05, 3.63) is 30.1 Å². The summed E-state index contributed by atoms with van der Waals surface area (Å²) in [4.78, 5) is 13.1. The van der Waals surface area contributed by atoms with Gasteiger partial charge >= 0.3 is 0 Å². The monoisotopic (exact) mass is 327 g/mol. The fourth-order valence-electron chi connectivity index (χ4n) is 2.93. The largest absolute Gasteiger partial charge is 0.372 e. The summed E-state index contributed by atoms with van der Waals surface area (Å²) in [5.41, 5.74) is -0.0207. The molecule has 1 saturated carbocycles. The van der Waals surface area contributed by atoms with Crippen LogP contribution in [-0.2, 0) is 23.1 Å². The number of alkyl halides is 2. The molecule has 0 atom stereocenters. The number of carbonyl (C=O) groups excluding carboxylic acids is 1. The van der Waals surface area contributed by atoms with Crippen LogP contribution in [0.3, 0.4) is 0 Å². The van der Waals surface area contributed by atoms with E-state index in [1.165, 1.54) is 7.11 Å². The number of aromatic nitrogens is 2. The zero-order valence-corrected chi connectivity index (χ0v) is 13.8. The lowest BCUT2D eigenvalue weighted by Gasteiger charge is -2.47. The Kier molecular flexibility index (Phi) is 4.89. The van der Waals surface area contributed by atoms with Gasteiger partial charge in [0.1, 0.15) is 5.60 Å². The number of carbonyl (C=O) groups is 1. The van der Waals surface area contributed by atoms with Gasteiger partial charge in [0.15, 0.2) is 0 Å². The first-order valence-electron chi connectivity index (χ1n) is 7.58. The first kappa shape index (κ1) is 17.6. The van der Waals surface area contributed by atoms with E-state index in [2.05, 4.69) is 11.7 Å². The molecule has 1 aromatic heterocycles. The topological polar surface area (TPSA) is 47.4 Å². The van der Waals surface area contributed by atoms with Crippen molar-refractivity contribution < 1.29 is 18.3 Å². The molecule has 0 aromatic carbocycles. The summed E-state index contributed by atoms with van der Waals surface area (Å²) >= 11 is 0. The van der Waals surface area contributed by atoms with Crippen molar-refractivity contribution in [2.24, 2.45) is 7.05 Å². The molecule has 23 heavy (non-hydrogen) atoms. The third kappa shape index (κ3) is 3.29. The summed E-state index contributed by atoms with van der Waals surface area (Å²) in [5.74, 6) is -3.67. The molecule has 0 saturated heterocycles. The quantitative estimate of drug-likeness (QED) is 0.723. The number of hydrogen-bond donors (Lipinski definition) is 0. The highest BCUT2D eigenvalue weighted by Gasteiger charge is 2.58. The van der Waals surface area contributed by atoms with Gasteiger partial charge in [-0.3, -0.25) is 9.48 Å². The highest BCUT2D eigenvalue weighted by Crippen LogP contribution is 2.47. The molecule has 1 fully saturated rings. The third-order valence-corrected chi connectivity index (χ3v) is 4.55. The lowest BCUT2D eigenvalue weighted by atomic mass is 9.75. The molecule has 128 valence electrons. The molecule has 1 aliphatic carbocycles. The fraction of sp³-hybridized carbons (Fsp3) is 0.625. The fourth-order valence-corrected chi connectivity index (χ4v) is 2.93. The normalized spacial score (nSPS) is 16.7. The molecule has 5 nitrogen and oxygen atoms in total. The number of methoxy groups -OCH3 is 1. The molecular formula is C16H23F2N3O2. The summed E-state index contributed by atoms with van der Waals surface area (Å²) in [7, 11) is 3.05. The van der Waals surface area contributed by atoms with E-state index >= 15 is 0 Å². The third-order valence-electron chi connectivity index (χ3n) is 4.55. The summed E-state index contributed by atoms with van der Waals surface area (Å²) in [6, 6.07) is 0. The van der Waals surface area contributed by atoms with E-state index in [-0.39, 0.29) is 6.54 Å². The molecule has 1 aliphatic rings. The van der Waals surface area contributed by atoms with Crippen LogP contribution >= 0.6 is 0 Å². The minimum absolute atomic E-state index is 0.0207. The van der Waals surface area contributed by atoms with Crippen molar-refractivity contribution >= 4 is 5.91 Å². The number of hydrogen-bond acceptors (Lipinski definition) is 3. The number of aryl methyl sites for hydroxylation is 2. The van der Waals surface area contributed by atoms with Crippen molar-refractivity contribution in [3.8, 4) is 0 Å². The molecule has 1 heterocycles. The van der Waals surface area contributed by atoms with Crippen LogP contribution in [0.5, 0.6) is 0 Å². The molecule has 0 radical (unpaired) electrons. The minimum atomic E-state index is -3.12. The number of ether oxygens (including phenoxy) is 1. The van der Waals surface area contributed by atoms with Crippen LogP contribution in [0.1, 0.15) is 30.5 Å². The molecule has 1 aromatic rings. The van der Waals surface area contributed by atoms with E-state index in [0.29, 0.717) is 25.0 Å². The molecule has 2 rings (SSSR count). The first-order valence-corrected chi connectivity index (χ1v) is 7.58. The van der Waals surface area contributed by atoms with Gasteiger partial charge in [-0.25, -0.2) is 8.78 Å². The van der Waals surface area contributed by atoms with Crippen LogP contribution in [0.25, 0.3) is 0 Å². The Morgan fingerprint density at radius 3 is 2.65 bits per heavy atom. The Labute approximate surface area is 134 Å². The van der Waals surface area contributed by atoms with Crippen molar-refractivity contribution in [2.75, 3.05) is 13.7 Å². The maximum absolute atomic E-state index is 14.7. The Hall–Kier alpha value is -1.76. The van der Waals surface area contributed by atoms with Gasteiger partial charge in [-0.2, -0.15) is 5.10 Å². The zero-order chi connectivity index (χ0) is 17.3. The molecule has 0 unspecified atom stereocenters. The van der Waals surface area contributed by atoms with Gasteiger partial charge in [-0.1, -0.05) is 6.58 Å². The second-order valence-electron chi connectivity index (χ2n) is 6.09. The maximum Gasteiger partial charge on any atom is 0.293 e. The SMILES string of the molecule is C=CC(=O)N(Cc1nn(C)cc1C)CC(F)(F)C1(OC)CCC1. The van der Waals surface area contributed by atoms with Crippen molar-refractivity contribution in [3.63, 3.8) is 0 Å². The van der Waals surface area contributed by atoms with E-state index in [9.17, 15) is 13.6 Å². The van der Waals surface area contributed by atoms with Crippen LogP contribution in [0.15, 0.2) is 18.9 Å². The molecule has 0 aliphatic heterocycles. The van der Waals surface area contributed by atoms with Crippen LogP contribution in [0.2, 0.25) is 0 Å². The van der Waals surface area contributed by atoms with Crippen LogP contribution < -0.4 is 0 Å². The molecule has 1 amide bonds. The molecular weight excluding hydrogens is 304 g/mol. The first-order chi connectivity index (χ1) is 10.7. The van der Waals surface area contributed by atoms with Crippen molar-refractivity contribution in [1.29, 1.82) is 0 Å². The van der Waals surface area contributed by atoms with E-state index in [0.717, 1.165) is 16.5 Å². The summed E-state index contributed by atoms with van der Waals surface area (Å²) < 4.78 is 36.1. The second kappa shape index (κ2) is 6.39. The Morgan fingerprint density at radius 1 is 1.61 bits per heavy atom. The van der Waals surface area contributed by atoms with Gasteiger partial charge in [-0.15, -0.1) is 0 Å². The van der Waals surface area contributed by atoms with E-state index in [4.69, 9.17) is 4.74 Å². The van der Waals surface area contributed by atoms with Crippen molar-refractivity contribution in [2.45, 2.75) is 44.3 Å². The summed E-state index contributed by atoms with van der Waals surface area (Å²) in [6.07, 6.45) is 4.14. The van der Waals surface area contributed by atoms with Gasteiger partial charge in [0.05, 0.1) is 18.8 Å². The van der Waals surface area contributed by atoms with Crippen LogP contribution in [-0.4, -0.2) is 45.8 Å². The van der Waals surface area contributed by atoms with Gasteiger partial charge in [-0.05, 0) is 37.8 Å². The number of nitrogens with zero attached hydrogens (tertiary/aromatic N) is 3.